The van der Waals surface area contributed by atoms with Gasteiger partial charge in [-0.05, 0) is 25.0 Å². The fourth-order valence-corrected chi connectivity index (χ4v) is 3.60. The van der Waals surface area contributed by atoms with Gasteiger partial charge < -0.3 is 19.4 Å². The Bertz CT molecular complexity index is 1190. The zero-order chi connectivity index (χ0) is 25.4. The minimum absolute atomic E-state index is 0.180. The van der Waals surface area contributed by atoms with E-state index >= 15 is 0 Å². The Morgan fingerprint density at radius 2 is 1.89 bits per heavy atom. The van der Waals surface area contributed by atoms with Crippen LogP contribution in [0.3, 0.4) is 0 Å². The molecule has 35 heavy (non-hydrogen) atoms. The van der Waals surface area contributed by atoms with E-state index in [9.17, 15) is 14.4 Å². The van der Waals surface area contributed by atoms with Crippen LogP contribution in [0.15, 0.2) is 34.7 Å². The second-order valence-electron chi connectivity index (χ2n) is 8.40. The lowest BCUT2D eigenvalue weighted by Crippen LogP contribution is -2.41. The van der Waals surface area contributed by atoms with Gasteiger partial charge in [0.2, 0.25) is 11.8 Å². The highest BCUT2D eigenvalue weighted by Gasteiger charge is 2.26. The van der Waals surface area contributed by atoms with Crippen LogP contribution in [0.1, 0.15) is 57.4 Å². The number of likely N-dealkylation sites (N-methyl/N-ethyl adjacent to an activating group) is 1. The van der Waals surface area contributed by atoms with Crippen molar-refractivity contribution in [1.82, 2.24) is 25.4 Å². The number of benzene rings is 1. The standard InChI is InChI=1S/C25H31N5O5/c1-5-17(31)12-7-6-8-14-20(26-21(32)25(33)30(2)3)24-29-28-23(35-24)18-15-16-11-9-10-13-19(16)27-22(18)34-4/h9-11,13,15,20H,5-8,12,14H2,1-4H3,(H,26,32)/t20-/m0/s1. The minimum Gasteiger partial charge on any atom is -0.480 e. The first-order valence-corrected chi connectivity index (χ1v) is 11.6. The van der Waals surface area contributed by atoms with E-state index in [0.29, 0.717) is 37.1 Å². The molecule has 10 heteroatoms. The van der Waals surface area contributed by atoms with Crippen molar-refractivity contribution in [2.45, 2.75) is 51.5 Å². The van der Waals surface area contributed by atoms with Crippen LogP contribution in [0.25, 0.3) is 22.4 Å². The van der Waals surface area contributed by atoms with Gasteiger partial charge in [0.15, 0.2) is 0 Å². The first-order chi connectivity index (χ1) is 16.8. The van der Waals surface area contributed by atoms with Gasteiger partial charge in [-0.2, -0.15) is 0 Å². The van der Waals surface area contributed by atoms with Gasteiger partial charge in [-0.1, -0.05) is 38.0 Å². The number of carbonyl (C=O) groups excluding carboxylic acids is 3. The maximum absolute atomic E-state index is 12.4. The van der Waals surface area contributed by atoms with Crippen LogP contribution < -0.4 is 10.1 Å². The SMILES string of the molecule is CCC(=O)CCCCC[C@H](NC(=O)C(=O)N(C)C)c1nnc(-c2cc3ccccc3nc2OC)o1. The van der Waals surface area contributed by atoms with Crippen LogP contribution in [0.5, 0.6) is 5.88 Å². The van der Waals surface area contributed by atoms with Crippen LogP contribution in [0.2, 0.25) is 0 Å². The molecule has 3 aromatic rings. The molecule has 2 heterocycles. The molecule has 1 atom stereocenters. The number of rotatable bonds is 11. The van der Waals surface area contributed by atoms with Crippen LogP contribution in [0.4, 0.5) is 0 Å². The van der Waals surface area contributed by atoms with Gasteiger partial charge in [0.05, 0.1) is 12.6 Å². The van der Waals surface area contributed by atoms with Gasteiger partial charge in [0.25, 0.3) is 5.89 Å². The van der Waals surface area contributed by atoms with Crippen molar-refractivity contribution in [3.8, 4) is 17.3 Å². The molecule has 0 saturated heterocycles. The summed E-state index contributed by atoms with van der Waals surface area (Å²) in [4.78, 5) is 41.8. The van der Waals surface area contributed by atoms with Crippen molar-refractivity contribution >= 4 is 28.5 Å². The molecule has 10 nitrogen and oxygen atoms in total. The quantitative estimate of drug-likeness (QED) is 0.326. The van der Waals surface area contributed by atoms with E-state index in [1.165, 1.54) is 26.1 Å². The van der Waals surface area contributed by atoms with Crippen molar-refractivity contribution in [2.24, 2.45) is 0 Å². The number of amides is 2. The number of nitrogens with one attached hydrogen (secondary N) is 1. The molecule has 0 saturated carbocycles. The number of hydrogen-bond donors (Lipinski definition) is 1. The minimum atomic E-state index is -0.758. The normalized spacial score (nSPS) is 11.8. The summed E-state index contributed by atoms with van der Waals surface area (Å²) in [6, 6.07) is 8.78. The predicted octanol–water partition coefficient (Wildman–Crippen LogP) is 3.47. The molecule has 0 unspecified atom stereocenters. The predicted molar refractivity (Wildman–Crippen MR) is 130 cm³/mol. The number of Topliss-reactive ketones (excluding diaryl/α,β-unsaturated/α-hetero) is 1. The Kier molecular flexibility index (Phi) is 8.88. The number of pyridine rings is 1. The van der Waals surface area contributed by atoms with Crippen LogP contribution >= 0.6 is 0 Å². The summed E-state index contributed by atoms with van der Waals surface area (Å²) in [5, 5.41) is 11.9. The molecule has 2 aromatic heterocycles. The first-order valence-electron chi connectivity index (χ1n) is 11.6. The molecule has 0 bridgehead atoms. The fraction of sp³-hybridized carbons (Fsp3) is 0.440. The van der Waals surface area contributed by atoms with Crippen LogP contribution in [-0.4, -0.2) is 58.9 Å². The second-order valence-corrected chi connectivity index (χ2v) is 8.40. The number of hydrogen-bond acceptors (Lipinski definition) is 8. The number of para-hydroxylation sites is 1. The third kappa shape index (κ3) is 6.62. The molecule has 3 rings (SSSR count). The Labute approximate surface area is 204 Å². The van der Waals surface area contributed by atoms with Gasteiger partial charge in [-0.15, -0.1) is 10.2 Å². The van der Waals surface area contributed by atoms with Gasteiger partial charge in [-0.3, -0.25) is 14.4 Å². The van der Waals surface area contributed by atoms with Crippen molar-refractivity contribution in [3.63, 3.8) is 0 Å². The smallest absolute Gasteiger partial charge is 0.311 e. The monoisotopic (exact) mass is 481 g/mol. The highest BCUT2D eigenvalue weighted by Crippen LogP contribution is 2.32. The van der Waals surface area contributed by atoms with E-state index < -0.39 is 17.9 Å². The number of ether oxygens (including phenoxy) is 1. The lowest BCUT2D eigenvalue weighted by atomic mass is 10.0. The Morgan fingerprint density at radius 3 is 2.60 bits per heavy atom. The molecule has 1 aromatic carbocycles. The maximum atomic E-state index is 12.4. The summed E-state index contributed by atoms with van der Waals surface area (Å²) in [6.07, 6.45) is 3.80. The van der Waals surface area contributed by atoms with Crippen molar-refractivity contribution < 1.29 is 23.5 Å². The van der Waals surface area contributed by atoms with E-state index in [1.54, 1.807) is 0 Å². The van der Waals surface area contributed by atoms with Crippen molar-refractivity contribution in [2.75, 3.05) is 21.2 Å². The third-order valence-corrected chi connectivity index (χ3v) is 5.60. The summed E-state index contributed by atoms with van der Waals surface area (Å²) in [7, 11) is 4.52. The summed E-state index contributed by atoms with van der Waals surface area (Å²) in [5.74, 6) is -0.495. The summed E-state index contributed by atoms with van der Waals surface area (Å²) in [6.45, 7) is 1.85. The zero-order valence-electron chi connectivity index (χ0n) is 20.5. The molecule has 0 aliphatic rings. The van der Waals surface area contributed by atoms with Crippen molar-refractivity contribution in [1.29, 1.82) is 0 Å². The molecule has 1 N–H and O–H groups in total. The van der Waals surface area contributed by atoms with Gasteiger partial charge in [0, 0.05) is 32.3 Å². The van der Waals surface area contributed by atoms with Gasteiger partial charge in [0.1, 0.15) is 17.4 Å². The number of methoxy groups -OCH3 is 1. The molecule has 0 radical (unpaired) electrons. The summed E-state index contributed by atoms with van der Waals surface area (Å²) < 4.78 is 11.4. The highest BCUT2D eigenvalue weighted by molar-refractivity contribution is 6.34. The van der Waals surface area contributed by atoms with E-state index in [4.69, 9.17) is 9.15 Å². The third-order valence-electron chi connectivity index (χ3n) is 5.60. The Morgan fingerprint density at radius 1 is 1.11 bits per heavy atom. The summed E-state index contributed by atoms with van der Waals surface area (Å²) >= 11 is 0. The van der Waals surface area contributed by atoms with Crippen LogP contribution in [0, 0.1) is 0 Å². The summed E-state index contributed by atoms with van der Waals surface area (Å²) in [5.41, 5.74) is 1.29. The molecule has 186 valence electrons. The topological polar surface area (TPSA) is 128 Å². The maximum Gasteiger partial charge on any atom is 0.311 e. The van der Waals surface area contributed by atoms with E-state index in [0.717, 1.165) is 23.7 Å². The van der Waals surface area contributed by atoms with E-state index in [2.05, 4.69) is 20.5 Å². The molecular weight excluding hydrogens is 450 g/mol. The van der Waals surface area contributed by atoms with E-state index in [-0.39, 0.29) is 17.6 Å². The molecular formula is C25H31N5O5. The Balaban J connectivity index is 1.82. The molecule has 0 aliphatic carbocycles. The lowest BCUT2D eigenvalue weighted by Gasteiger charge is -2.16. The largest absolute Gasteiger partial charge is 0.480 e. The number of aromatic nitrogens is 3. The average Bonchev–Trinajstić information content (AvgIpc) is 3.36. The second kappa shape index (κ2) is 12.0. The number of carbonyl (C=O) groups is 3. The lowest BCUT2D eigenvalue weighted by molar-refractivity contribution is -0.144. The van der Waals surface area contributed by atoms with Crippen LogP contribution in [-0.2, 0) is 14.4 Å². The first kappa shape index (κ1) is 25.8. The van der Waals surface area contributed by atoms with Crippen molar-refractivity contribution in [3.05, 3.63) is 36.2 Å². The number of ketones is 1. The zero-order valence-corrected chi connectivity index (χ0v) is 20.5. The Hall–Kier alpha value is -3.82. The van der Waals surface area contributed by atoms with E-state index in [1.807, 2.05) is 37.3 Å². The number of unbranched alkanes of at least 4 members (excludes halogenated alkanes) is 2. The van der Waals surface area contributed by atoms with Gasteiger partial charge >= 0.3 is 11.8 Å². The fourth-order valence-electron chi connectivity index (χ4n) is 3.60. The number of fused-ring (bicyclic) bond motifs is 1. The molecule has 2 amide bonds. The number of nitrogens with zero attached hydrogens (tertiary/aromatic N) is 4. The van der Waals surface area contributed by atoms with Gasteiger partial charge in [-0.25, -0.2) is 4.98 Å². The molecule has 0 fully saturated rings. The average molecular weight is 482 g/mol. The highest BCUT2D eigenvalue weighted by atomic mass is 16.5. The molecule has 0 spiro atoms. The molecule has 0 aliphatic heterocycles.